The van der Waals surface area contributed by atoms with Crippen LogP contribution >= 0.6 is 23.2 Å². The van der Waals surface area contributed by atoms with Crippen molar-refractivity contribution in [3.63, 3.8) is 0 Å². The van der Waals surface area contributed by atoms with Crippen LogP contribution in [0.25, 0.3) is 0 Å². The topological polar surface area (TPSA) is 55.8 Å². The third kappa shape index (κ3) is 5.18. The van der Waals surface area contributed by atoms with E-state index in [1.165, 1.54) is 0 Å². The lowest BCUT2D eigenvalue weighted by Crippen LogP contribution is -2.01. The van der Waals surface area contributed by atoms with E-state index < -0.39 is 5.97 Å². The molecule has 0 atom stereocenters. The number of carboxylic acid groups (broad SMARTS) is 1. The molecule has 0 saturated heterocycles. The number of rotatable bonds is 8. The summed E-state index contributed by atoms with van der Waals surface area (Å²) in [4.78, 5) is 10.7. The summed E-state index contributed by atoms with van der Waals surface area (Å²) in [5.74, 6) is 0.151. The number of aliphatic carboxylic acids is 1. The first kappa shape index (κ1) is 18.2. The number of carboxylic acids is 1. The second kappa shape index (κ2) is 8.62. The summed E-state index contributed by atoms with van der Waals surface area (Å²) in [5.41, 5.74) is 1.48. The van der Waals surface area contributed by atoms with Crippen molar-refractivity contribution < 1.29 is 19.4 Å². The van der Waals surface area contributed by atoms with E-state index in [9.17, 15) is 4.79 Å². The van der Waals surface area contributed by atoms with E-state index in [4.69, 9.17) is 37.8 Å². The van der Waals surface area contributed by atoms with Gasteiger partial charge >= 0.3 is 5.97 Å². The van der Waals surface area contributed by atoms with Gasteiger partial charge in [-0.25, -0.2) is 0 Å². The molecule has 4 nitrogen and oxygen atoms in total. The first-order chi connectivity index (χ1) is 11.5. The van der Waals surface area contributed by atoms with Gasteiger partial charge in [-0.1, -0.05) is 48.0 Å². The van der Waals surface area contributed by atoms with Crippen LogP contribution in [0.1, 0.15) is 11.1 Å². The third-order valence-electron chi connectivity index (χ3n) is 3.10. The predicted molar refractivity (Wildman–Crippen MR) is 94.3 cm³/mol. The minimum absolute atomic E-state index is 0.0816. The fraction of sp³-hybridized carbons (Fsp3) is 0.167. The van der Waals surface area contributed by atoms with Gasteiger partial charge in [0.2, 0.25) is 0 Å². The van der Waals surface area contributed by atoms with Crippen molar-refractivity contribution in [2.24, 2.45) is 0 Å². The summed E-state index contributed by atoms with van der Waals surface area (Å²) in [6.07, 6.45) is 1.56. The summed E-state index contributed by atoms with van der Waals surface area (Å²) < 4.78 is 11.1. The van der Waals surface area contributed by atoms with Crippen LogP contribution in [0, 0.1) is 0 Å². The molecule has 0 unspecified atom stereocenters. The van der Waals surface area contributed by atoms with E-state index >= 15 is 0 Å². The van der Waals surface area contributed by atoms with Crippen LogP contribution < -0.4 is 9.47 Å². The quantitative estimate of drug-likeness (QED) is 0.684. The molecule has 24 heavy (non-hydrogen) atoms. The molecule has 0 saturated carbocycles. The second-order valence-electron chi connectivity index (χ2n) is 4.99. The summed E-state index contributed by atoms with van der Waals surface area (Å²) in [7, 11) is 0. The van der Waals surface area contributed by atoms with Crippen LogP contribution in [0.2, 0.25) is 10.0 Å². The van der Waals surface area contributed by atoms with E-state index in [1.54, 1.807) is 36.4 Å². The average Bonchev–Trinajstić information content (AvgIpc) is 2.52. The van der Waals surface area contributed by atoms with Crippen molar-refractivity contribution >= 4 is 29.2 Å². The molecule has 0 spiro atoms. The van der Waals surface area contributed by atoms with Crippen molar-refractivity contribution in [1.29, 1.82) is 0 Å². The molecule has 0 aliphatic rings. The highest BCUT2D eigenvalue weighted by Gasteiger charge is 2.08. The zero-order chi connectivity index (χ0) is 17.5. The second-order valence-corrected chi connectivity index (χ2v) is 5.80. The third-order valence-corrected chi connectivity index (χ3v) is 3.69. The smallest absolute Gasteiger partial charge is 0.307 e. The Morgan fingerprint density at radius 3 is 2.21 bits per heavy atom. The van der Waals surface area contributed by atoms with Crippen molar-refractivity contribution in [2.75, 3.05) is 6.61 Å². The maximum Gasteiger partial charge on any atom is 0.307 e. The van der Waals surface area contributed by atoms with Crippen LogP contribution in [0.4, 0.5) is 0 Å². The van der Waals surface area contributed by atoms with E-state index in [0.29, 0.717) is 33.7 Å². The molecule has 0 aliphatic carbocycles. The Morgan fingerprint density at radius 2 is 1.62 bits per heavy atom. The maximum absolute atomic E-state index is 10.7. The van der Waals surface area contributed by atoms with Gasteiger partial charge in [0.25, 0.3) is 0 Å². The molecule has 0 fully saturated rings. The zero-order valence-electron chi connectivity index (χ0n) is 12.8. The Labute approximate surface area is 150 Å². The lowest BCUT2D eigenvalue weighted by molar-refractivity contribution is -0.136. The van der Waals surface area contributed by atoms with Crippen LogP contribution in [-0.2, 0) is 17.8 Å². The highest BCUT2D eigenvalue weighted by atomic mass is 35.5. The number of carbonyl (C=O) groups is 1. The number of hydrogen-bond donors (Lipinski definition) is 1. The van der Waals surface area contributed by atoms with Gasteiger partial charge in [0.1, 0.15) is 24.7 Å². The lowest BCUT2D eigenvalue weighted by Gasteiger charge is -2.11. The van der Waals surface area contributed by atoms with Crippen molar-refractivity contribution in [1.82, 2.24) is 0 Å². The SMILES string of the molecule is C=CCOc1ccc(COc2ccc(CC(=O)O)cc2Cl)cc1Cl. The molecule has 2 rings (SSSR count). The van der Waals surface area contributed by atoms with Gasteiger partial charge < -0.3 is 14.6 Å². The minimum atomic E-state index is -0.909. The van der Waals surface area contributed by atoms with E-state index in [-0.39, 0.29) is 13.0 Å². The monoisotopic (exact) mass is 366 g/mol. The van der Waals surface area contributed by atoms with Crippen molar-refractivity contribution in [3.8, 4) is 11.5 Å². The summed E-state index contributed by atoms with van der Waals surface area (Å²) in [6.45, 7) is 4.24. The van der Waals surface area contributed by atoms with Crippen LogP contribution in [0.15, 0.2) is 49.1 Å². The molecular weight excluding hydrogens is 351 g/mol. The van der Waals surface area contributed by atoms with Crippen molar-refractivity contribution in [3.05, 3.63) is 70.2 Å². The van der Waals surface area contributed by atoms with Gasteiger partial charge in [-0.05, 0) is 35.4 Å². The van der Waals surface area contributed by atoms with Gasteiger partial charge in [0, 0.05) is 0 Å². The average molecular weight is 367 g/mol. The number of ether oxygens (including phenoxy) is 2. The summed E-state index contributed by atoms with van der Waals surface area (Å²) in [5, 5.41) is 9.63. The first-order valence-electron chi connectivity index (χ1n) is 7.14. The van der Waals surface area contributed by atoms with Gasteiger partial charge in [-0.2, -0.15) is 0 Å². The molecule has 6 heteroatoms. The minimum Gasteiger partial charge on any atom is -0.488 e. The Balaban J connectivity index is 2.01. The highest BCUT2D eigenvalue weighted by Crippen LogP contribution is 2.29. The van der Waals surface area contributed by atoms with Crippen LogP contribution in [0.5, 0.6) is 11.5 Å². The number of hydrogen-bond acceptors (Lipinski definition) is 3. The summed E-state index contributed by atoms with van der Waals surface area (Å²) >= 11 is 12.3. The molecule has 0 heterocycles. The van der Waals surface area contributed by atoms with E-state index in [1.807, 2.05) is 6.07 Å². The normalized spacial score (nSPS) is 10.2. The molecule has 0 bridgehead atoms. The molecule has 0 radical (unpaired) electrons. The molecular formula is C18H16Cl2O4. The largest absolute Gasteiger partial charge is 0.488 e. The standard InChI is InChI=1S/C18H16Cl2O4/c1-2-7-23-16-6-4-13(9-15(16)20)11-24-17-5-3-12(8-14(17)19)10-18(21)22/h2-6,8-9H,1,7,10-11H2,(H,21,22). The van der Waals surface area contributed by atoms with Gasteiger partial charge in [0.15, 0.2) is 0 Å². The highest BCUT2D eigenvalue weighted by molar-refractivity contribution is 6.32. The van der Waals surface area contributed by atoms with E-state index in [0.717, 1.165) is 5.56 Å². The number of benzene rings is 2. The Bertz CT molecular complexity index is 744. The van der Waals surface area contributed by atoms with Crippen LogP contribution in [0.3, 0.4) is 0 Å². The fourth-order valence-corrected chi connectivity index (χ4v) is 2.52. The predicted octanol–water partition coefficient (Wildman–Crippen LogP) is 4.76. The van der Waals surface area contributed by atoms with Gasteiger partial charge in [0.05, 0.1) is 16.5 Å². The first-order valence-corrected chi connectivity index (χ1v) is 7.90. The number of halogens is 2. The van der Waals surface area contributed by atoms with E-state index in [2.05, 4.69) is 6.58 Å². The molecule has 0 amide bonds. The molecule has 2 aromatic rings. The molecule has 0 aliphatic heterocycles. The molecule has 1 N–H and O–H groups in total. The van der Waals surface area contributed by atoms with Crippen LogP contribution in [-0.4, -0.2) is 17.7 Å². The molecule has 2 aromatic carbocycles. The van der Waals surface area contributed by atoms with Crippen molar-refractivity contribution in [2.45, 2.75) is 13.0 Å². The fourth-order valence-electron chi connectivity index (χ4n) is 2.01. The lowest BCUT2D eigenvalue weighted by atomic mass is 10.1. The van der Waals surface area contributed by atoms with Gasteiger partial charge in [-0.15, -0.1) is 0 Å². The zero-order valence-corrected chi connectivity index (χ0v) is 14.3. The Morgan fingerprint density at radius 1 is 1.04 bits per heavy atom. The maximum atomic E-state index is 10.7. The molecule has 0 aromatic heterocycles. The molecule has 126 valence electrons. The van der Waals surface area contributed by atoms with Gasteiger partial charge in [-0.3, -0.25) is 4.79 Å². The Kier molecular flexibility index (Phi) is 6.53. The summed E-state index contributed by atoms with van der Waals surface area (Å²) in [6, 6.07) is 10.3. The Hall–Kier alpha value is -2.17.